The number of rotatable bonds is 13. The molecule has 1 heterocycles. The normalized spacial score (nSPS) is 26.5. The Morgan fingerprint density at radius 1 is 1.14 bits per heavy atom. The van der Waals surface area contributed by atoms with E-state index in [1.807, 2.05) is 18.2 Å². The molecule has 6 atom stereocenters. The molecule has 9 nitrogen and oxygen atoms in total. The van der Waals surface area contributed by atoms with Crippen molar-refractivity contribution in [3.8, 4) is 11.5 Å². The van der Waals surface area contributed by atoms with E-state index in [1.54, 1.807) is 13.2 Å². The lowest BCUT2D eigenvalue weighted by Gasteiger charge is -2.62. The number of fused-ring (bicyclic) bond motifs is 2. The molecule has 11 heteroatoms. The summed E-state index contributed by atoms with van der Waals surface area (Å²) < 4.78 is 34.5. The standard InChI is InChI=1S/C39H59BrN4O5S/c1-25-31-18-28(39(31,5)6)19-33(25)41-37(46)34-15-16-50(47,48)44(34)22-27-12-10-11-26(17-27)21-43(29(23-42(7)8)20-38(2,3)4)24-30-32(40)13-14-35(49-9)36(30)45/h10-14,17,25,28-29,31,33-34,45H,15-16,18-24H2,1-9H3,(H,41,46)/t25-,28-,29-,31+,33-,34?/m0/s1. The number of hydrogen-bond acceptors (Lipinski definition) is 7. The predicted octanol–water partition coefficient (Wildman–Crippen LogP) is 6.62. The van der Waals surface area contributed by atoms with E-state index in [0.29, 0.717) is 48.4 Å². The van der Waals surface area contributed by atoms with Gasteiger partial charge in [0.1, 0.15) is 6.04 Å². The largest absolute Gasteiger partial charge is 0.504 e. The fourth-order valence-electron chi connectivity index (χ4n) is 8.91. The smallest absolute Gasteiger partial charge is 0.238 e. The molecule has 4 fully saturated rings. The second-order valence-electron chi connectivity index (χ2n) is 17.2. The Labute approximate surface area is 309 Å². The Hall–Kier alpha value is -2.18. The number of benzene rings is 2. The van der Waals surface area contributed by atoms with Gasteiger partial charge in [-0.15, -0.1) is 0 Å². The molecule has 1 unspecified atom stereocenters. The van der Waals surface area contributed by atoms with E-state index in [4.69, 9.17) is 4.74 Å². The van der Waals surface area contributed by atoms with E-state index in [2.05, 4.69) is 98.8 Å². The van der Waals surface area contributed by atoms with Gasteiger partial charge >= 0.3 is 0 Å². The quantitative estimate of drug-likeness (QED) is 0.236. The highest BCUT2D eigenvalue weighted by molar-refractivity contribution is 9.10. The fourth-order valence-corrected chi connectivity index (χ4v) is 11.0. The van der Waals surface area contributed by atoms with Crippen molar-refractivity contribution in [3.05, 3.63) is 57.6 Å². The summed E-state index contributed by atoms with van der Waals surface area (Å²) in [4.78, 5) is 18.3. The van der Waals surface area contributed by atoms with Crippen molar-refractivity contribution >= 4 is 31.9 Å². The third-order valence-corrected chi connectivity index (χ3v) is 14.4. The first-order valence-electron chi connectivity index (χ1n) is 18.1. The van der Waals surface area contributed by atoms with Gasteiger partial charge in [0, 0.05) is 48.3 Å². The number of nitrogens with one attached hydrogen (secondary N) is 1. The van der Waals surface area contributed by atoms with Crippen LogP contribution in [0.4, 0.5) is 0 Å². The van der Waals surface area contributed by atoms with Gasteiger partial charge in [-0.1, -0.05) is 81.7 Å². The van der Waals surface area contributed by atoms with Crippen molar-refractivity contribution in [3.63, 3.8) is 0 Å². The highest BCUT2D eigenvalue weighted by Gasteiger charge is 2.56. The number of phenols is 1. The summed E-state index contributed by atoms with van der Waals surface area (Å²) >= 11 is 3.67. The van der Waals surface area contributed by atoms with Crippen LogP contribution in [0.15, 0.2) is 40.9 Å². The molecule has 0 spiro atoms. The SMILES string of the molecule is COc1ccc(Br)c(CN(Cc2cccc(CN3C(C(=O)N[C@H]4C[C@@H]5C[C@H]([C@@H]4C)C5(C)C)CCS3(=O)=O)c2)[C@H](CN(C)C)CC(C)(C)C)c1O. The molecule has 3 aliphatic carbocycles. The lowest BCUT2D eigenvalue weighted by atomic mass is 9.45. The second-order valence-corrected chi connectivity index (χ2v) is 20.1. The summed E-state index contributed by atoms with van der Waals surface area (Å²) in [6, 6.07) is 11.3. The number of nitrogens with zero attached hydrogens (tertiary/aromatic N) is 3. The summed E-state index contributed by atoms with van der Waals surface area (Å²) in [7, 11) is 2.13. The number of halogens is 1. The van der Waals surface area contributed by atoms with Crippen molar-refractivity contribution in [2.75, 3.05) is 33.5 Å². The molecule has 4 aliphatic rings. The molecular formula is C39H59BrN4O5S. The van der Waals surface area contributed by atoms with Crippen LogP contribution in [0.1, 0.15) is 83.9 Å². The number of phenolic OH excluding ortho intramolecular Hbond substituents is 1. The van der Waals surface area contributed by atoms with E-state index < -0.39 is 16.1 Å². The average Bonchev–Trinajstić information content (AvgIpc) is 3.31. The first-order chi connectivity index (χ1) is 23.3. The Morgan fingerprint density at radius 3 is 2.46 bits per heavy atom. The van der Waals surface area contributed by atoms with E-state index in [-0.39, 0.29) is 41.5 Å². The van der Waals surface area contributed by atoms with Crippen LogP contribution in [-0.4, -0.2) is 85.2 Å². The maximum absolute atomic E-state index is 13.7. The van der Waals surface area contributed by atoms with Gasteiger partial charge in [0.05, 0.1) is 12.9 Å². The number of carbonyl (C=O) groups excluding carboxylic acids is 1. The summed E-state index contributed by atoms with van der Waals surface area (Å²) in [6.07, 6.45) is 3.42. The second kappa shape index (κ2) is 15.0. The lowest BCUT2D eigenvalue weighted by Crippen LogP contribution is -2.61. The maximum Gasteiger partial charge on any atom is 0.238 e. The van der Waals surface area contributed by atoms with Crippen molar-refractivity contribution in [1.29, 1.82) is 0 Å². The number of amides is 1. The number of carbonyl (C=O) groups is 1. The van der Waals surface area contributed by atoms with Gasteiger partial charge in [-0.2, -0.15) is 4.31 Å². The average molecular weight is 776 g/mol. The van der Waals surface area contributed by atoms with Crippen LogP contribution in [0.5, 0.6) is 11.5 Å². The summed E-state index contributed by atoms with van der Waals surface area (Å²) in [5, 5.41) is 14.5. The van der Waals surface area contributed by atoms with Gasteiger partial charge in [0.25, 0.3) is 0 Å². The van der Waals surface area contributed by atoms with Gasteiger partial charge in [-0.25, -0.2) is 8.42 Å². The minimum absolute atomic E-state index is 0.0189. The van der Waals surface area contributed by atoms with Crippen LogP contribution in [0.3, 0.4) is 0 Å². The summed E-state index contributed by atoms with van der Waals surface area (Å²) in [5.41, 5.74) is 3.01. The minimum atomic E-state index is -3.58. The zero-order valence-electron chi connectivity index (χ0n) is 31.5. The van der Waals surface area contributed by atoms with E-state index in [9.17, 15) is 18.3 Å². The number of aromatic hydroxyl groups is 1. The van der Waals surface area contributed by atoms with Gasteiger partial charge < -0.3 is 20.1 Å². The number of ether oxygens (including phenoxy) is 1. The first-order valence-corrected chi connectivity index (χ1v) is 20.5. The Bertz CT molecular complexity index is 1640. The third kappa shape index (κ3) is 8.54. The maximum atomic E-state index is 13.7. The van der Waals surface area contributed by atoms with Crippen molar-refractivity contribution in [2.24, 2.45) is 28.6 Å². The van der Waals surface area contributed by atoms with Crippen LogP contribution >= 0.6 is 15.9 Å². The third-order valence-electron chi connectivity index (χ3n) is 11.8. The Balaban J connectivity index is 1.37. The van der Waals surface area contributed by atoms with E-state index in [1.165, 1.54) is 10.7 Å². The van der Waals surface area contributed by atoms with Crippen LogP contribution in [-0.2, 0) is 34.5 Å². The number of hydrogen-bond donors (Lipinski definition) is 2. The van der Waals surface area contributed by atoms with Crippen LogP contribution in [0.2, 0.25) is 0 Å². The molecule has 6 rings (SSSR count). The molecule has 50 heavy (non-hydrogen) atoms. The van der Waals surface area contributed by atoms with Crippen molar-refractivity contribution < 1.29 is 23.1 Å². The van der Waals surface area contributed by atoms with Gasteiger partial charge in [-0.05, 0) is 91.6 Å². The lowest BCUT2D eigenvalue weighted by molar-refractivity contribution is -0.136. The zero-order chi connectivity index (χ0) is 36.8. The molecule has 0 aromatic heterocycles. The first kappa shape index (κ1) is 39.0. The molecule has 2 aromatic carbocycles. The molecule has 1 saturated heterocycles. The number of sulfonamides is 1. The Morgan fingerprint density at radius 2 is 1.84 bits per heavy atom. The van der Waals surface area contributed by atoms with Crippen LogP contribution < -0.4 is 10.1 Å². The molecule has 0 radical (unpaired) electrons. The van der Waals surface area contributed by atoms with Gasteiger partial charge in [-0.3, -0.25) is 9.69 Å². The van der Waals surface area contributed by atoms with Gasteiger partial charge in [0.15, 0.2) is 11.5 Å². The molecule has 1 aliphatic heterocycles. The monoisotopic (exact) mass is 774 g/mol. The molecule has 278 valence electrons. The van der Waals surface area contributed by atoms with Gasteiger partial charge in [0.2, 0.25) is 15.9 Å². The molecule has 1 amide bonds. The highest BCUT2D eigenvalue weighted by atomic mass is 79.9. The van der Waals surface area contributed by atoms with Crippen molar-refractivity contribution in [2.45, 2.75) is 105 Å². The summed E-state index contributed by atoms with van der Waals surface area (Å²) in [6.45, 7) is 15.7. The molecule has 3 saturated carbocycles. The van der Waals surface area contributed by atoms with Crippen LogP contribution in [0.25, 0.3) is 0 Å². The van der Waals surface area contributed by atoms with E-state index in [0.717, 1.165) is 40.5 Å². The highest BCUT2D eigenvalue weighted by Crippen LogP contribution is 2.61. The van der Waals surface area contributed by atoms with Crippen molar-refractivity contribution in [1.82, 2.24) is 19.4 Å². The molecular weight excluding hydrogens is 716 g/mol. The minimum Gasteiger partial charge on any atom is -0.504 e. The Kier molecular flexibility index (Phi) is 11.7. The topological polar surface area (TPSA) is 102 Å². The molecule has 2 bridgehead atoms. The molecule has 2 N–H and O–H groups in total. The molecule has 2 aromatic rings. The van der Waals surface area contributed by atoms with E-state index >= 15 is 0 Å². The number of likely N-dealkylation sites (N-methyl/N-ethyl adjacent to an activating group) is 1. The number of methoxy groups -OCH3 is 1. The fraction of sp³-hybridized carbons (Fsp3) is 0.667. The summed E-state index contributed by atoms with van der Waals surface area (Å²) in [5.74, 6) is 1.93. The predicted molar refractivity (Wildman–Crippen MR) is 203 cm³/mol. The zero-order valence-corrected chi connectivity index (χ0v) is 33.9. The van der Waals surface area contributed by atoms with Crippen LogP contribution in [0, 0.1) is 28.6 Å².